The van der Waals surface area contributed by atoms with Gasteiger partial charge in [-0.1, -0.05) is 0 Å². The summed E-state index contributed by atoms with van der Waals surface area (Å²) in [5, 5.41) is 8.41. The van der Waals surface area contributed by atoms with E-state index in [4.69, 9.17) is 5.11 Å². The zero-order chi connectivity index (χ0) is 10.9. The molecular weight excluding hydrogens is 201 g/mol. The van der Waals surface area contributed by atoms with Crippen LogP contribution in [0.1, 0.15) is 22.0 Å². The normalized spacial score (nSPS) is 11.4. The van der Waals surface area contributed by atoms with Crippen molar-refractivity contribution in [2.75, 3.05) is 0 Å². The number of rotatable bonds is 1. The van der Waals surface area contributed by atoms with Crippen molar-refractivity contribution in [3.8, 4) is 0 Å². The van der Waals surface area contributed by atoms with Gasteiger partial charge in [0.1, 0.15) is 5.69 Å². The highest BCUT2D eigenvalue weighted by Crippen LogP contribution is 2.27. The van der Waals surface area contributed by atoms with Crippen molar-refractivity contribution in [2.24, 2.45) is 0 Å². The summed E-state index contributed by atoms with van der Waals surface area (Å²) in [7, 11) is 0. The summed E-state index contributed by atoms with van der Waals surface area (Å²) >= 11 is 0. The van der Waals surface area contributed by atoms with Crippen LogP contribution in [-0.4, -0.2) is 21.0 Å². The highest BCUT2D eigenvalue weighted by molar-refractivity contribution is 5.83. The third-order valence-electron chi connectivity index (χ3n) is 1.34. The number of alkyl halides is 3. The molecule has 1 heterocycles. The minimum Gasteiger partial charge on any atom is -0.475 e. The number of carbonyl (C=O) groups is 1. The Morgan fingerprint density at radius 1 is 1.43 bits per heavy atom. The van der Waals surface area contributed by atoms with Crippen LogP contribution in [0.4, 0.5) is 13.2 Å². The maximum absolute atomic E-state index is 12.1. The van der Waals surface area contributed by atoms with Crippen LogP contribution in [0.5, 0.6) is 0 Å². The lowest BCUT2D eigenvalue weighted by Crippen LogP contribution is -2.14. The number of carboxylic acids is 1. The molecule has 0 spiro atoms. The highest BCUT2D eigenvalue weighted by Gasteiger charge is 2.33. The Morgan fingerprint density at radius 3 is 2.43 bits per heavy atom. The molecule has 0 atom stereocenters. The van der Waals surface area contributed by atoms with Gasteiger partial charge in [-0.15, -0.1) is 0 Å². The molecule has 1 N–H and O–H groups in total. The van der Waals surface area contributed by atoms with Crippen LogP contribution in [0.2, 0.25) is 0 Å². The third-order valence-corrected chi connectivity index (χ3v) is 1.34. The maximum atomic E-state index is 12.1. The number of aromatic carboxylic acids is 1. The molecule has 0 bridgehead atoms. The molecule has 0 aromatic carbocycles. The average Bonchev–Trinajstić information content (AvgIpc) is 2.01. The predicted octanol–water partition coefficient (Wildman–Crippen LogP) is 1.50. The van der Waals surface area contributed by atoms with Crippen LogP contribution in [0.15, 0.2) is 6.07 Å². The first kappa shape index (κ1) is 10.4. The summed E-state index contributed by atoms with van der Waals surface area (Å²) in [6.07, 6.45) is -4.65. The van der Waals surface area contributed by atoms with E-state index in [1.165, 1.54) is 6.92 Å². The Balaban J connectivity index is 3.28. The molecule has 0 aliphatic carbocycles. The van der Waals surface area contributed by atoms with E-state index in [1.807, 2.05) is 0 Å². The molecule has 0 aliphatic heterocycles. The average molecular weight is 206 g/mol. The molecule has 0 radical (unpaired) electrons. The standard InChI is InChI=1S/C7H5F3N2O2/c1-3-2-4(7(8,9)10)12-5(11-3)6(13)14/h2H,1H3,(H,13,14). The number of aromatic nitrogens is 2. The van der Waals surface area contributed by atoms with Crippen molar-refractivity contribution in [1.82, 2.24) is 9.97 Å². The van der Waals surface area contributed by atoms with E-state index in [0.717, 1.165) is 0 Å². The summed E-state index contributed by atoms with van der Waals surface area (Å²) in [5.74, 6) is -2.43. The lowest BCUT2D eigenvalue weighted by molar-refractivity contribution is -0.141. The molecule has 0 unspecified atom stereocenters. The summed E-state index contributed by atoms with van der Waals surface area (Å²) in [5.41, 5.74) is -1.29. The predicted molar refractivity (Wildman–Crippen MR) is 38.7 cm³/mol. The Bertz CT molecular complexity index is 376. The number of hydrogen-bond acceptors (Lipinski definition) is 3. The van der Waals surface area contributed by atoms with Gasteiger partial charge in [-0.2, -0.15) is 13.2 Å². The Hall–Kier alpha value is -1.66. The first-order chi connectivity index (χ1) is 6.30. The zero-order valence-corrected chi connectivity index (χ0v) is 6.96. The summed E-state index contributed by atoms with van der Waals surface area (Å²) < 4.78 is 36.4. The second-order valence-corrected chi connectivity index (χ2v) is 2.52. The van der Waals surface area contributed by atoms with E-state index < -0.39 is 23.7 Å². The van der Waals surface area contributed by atoms with Gasteiger partial charge in [-0.3, -0.25) is 0 Å². The number of nitrogens with zero attached hydrogens (tertiary/aromatic N) is 2. The van der Waals surface area contributed by atoms with E-state index >= 15 is 0 Å². The molecular formula is C7H5F3N2O2. The summed E-state index contributed by atoms with van der Waals surface area (Å²) in [6.45, 7) is 1.27. The minimum absolute atomic E-state index is 0.0373. The van der Waals surface area contributed by atoms with E-state index in [2.05, 4.69) is 9.97 Å². The monoisotopic (exact) mass is 206 g/mol. The van der Waals surface area contributed by atoms with Crippen molar-refractivity contribution in [3.05, 3.63) is 23.3 Å². The fraction of sp³-hybridized carbons (Fsp3) is 0.286. The van der Waals surface area contributed by atoms with Crippen LogP contribution < -0.4 is 0 Å². The highest BCUT2D eigenvalue weighted by atomic mass is 19.4. The van der Waals surface area contributed by atoms with Gasteiger partial charge in [0.25, 0.3) is 0 Å². The van der Waals surface area contributed by atoms with Crippen molar-refractivity contribution in [3.63, 3.8) is 0 Å². The van der Waals surface area contributed by atoms with Crippen LogP contribution in [-0.2, 0) is 6.18 Å². The molecule has 4 nitrogen and oxygen atoms in total. The molecule has 0 saturated heterocycles. The van der Waals surface area contributed by atoms with Crippen molar-refractivity contribution < 1.29 is 23.1 Å². The van der Waals surface area contributed by atoms with Crippen LogP contribution >= 0.6 is 0 Å². The fourth-order valence-electron chi connectivity index (χ4n) is 0.809. The van der Waals surface area contributed by atoms with Gasteiger partial charge in [0.15, 0.2) is 0 Å². The van der Waals surface area contributed by atoms with E-state index in [-0.39, 0.29) is 5.69 Å². The number of carboxylic acid groups (broad SMARTS) is 1. The lowest BCUT2D eigenvalue weighted by atomic mass is 10.3. The Morgan fingerprint density at radius 2 is 2.00 bits per heavy atom. The van der Waals surface area contributed by atoms with Gasteiger partial charge in [0.05, 0.1) is 0 Å². The van der Waals surface area contributed by atoms with Gasteiger partial charge in [-0.25, -0.2) is 14.8 Å². The quantitative estimate of drug-likeness (QED) is 0.756. The first-order valence-electron chi connectivity index (χ1n) is 3.47. The lowest BCUT2D eigenvalue weighted by Gasteiger charge is -2.06. The molecule has 76 valence electrons. The Labute approximate surface area is 76.4 Å². The van der Waals surface area contributed by atoms with Gasteiger partial charge >= 0.3 is 12.1 Å². The smallest absolute Gasteiger partial charge is 0.433 e. The topological polar surface area (TPSA) is 63.1 Å². The molecule has 0 amide bonds. The number of aryl methyl sites for hydroxylation is 1. The molecule has 7 heteroatoms. The van der Waals surface area contributed by atoms with Crippen LogP contribution in [0.25, 0.3) is 0 Å². The van der Waals surface area contributed by atoms with Crippen molar-refractivity contribution in [2.45, 2.75) is 13.1 Å². The SMILES string of the molecule is Cc1cc(C(F)(F)F)nc(C(=O)O)n1. The summed E-state index contributed by atoms with van der Waals surface area (Å²) in [6, 6.07) is 0.687. The van der Waals surface area contributed by atoms with E-state index in [1.54, 1.807) is 0 Å². The number of hydrogen-bond donors (Lipinski definition) is 1. The van der Waals surface area contributed by atoms with Gasteiger partial charge in [0, 0.05) is 5.69 Å². The minimum atomic E-state index is -4.65. The number of halogens is 3. The molecule has 0 fully saturated rings. The largest absolute Gasteiger partial charge is 0.475 e. The fourth-order valence-corrected chi connectivity index (χ4v) is 0.809. The molecule has 0 saturated carbocycles. The van der Waals surface area contributed by atoms with Crippen molar-refractivity contribution >= 4 is 5.97 Å². The third kappa shape index (κ3) is 2.18. The first-order valence-corrected chi connectivity index (χ1v) is 3.47. The molecule has 1 aromatic rings. The molecule has 14 heavy (non-hydrogen) atoms. The van der Waals surface area contributed by atoms with E-state index in [9.17, 15) is 18.0 Å². The zero-order valence-electron chi connectivity index (χ0n) is 6.96. The molecule has 1 rings (SSSR count). The van der Waals surface area contributed by atoms with E-state index in [0.29, 0.717) is 6.07 Å². The molecule has 1 aromatic heterocycles. The summed E-state index contributed by atoms with van der Waals surface area (Å²) in [4.78, 5) is 16.5. The molecule has 0 aliphatic rings. The van der Waals surface area contributed by atoms with Crippen LogP contribution in [0, 0.1) is 6.92 Å². The second-order valence-electron chi connectivity index (χ2n) is 2.52. The maximum Gasteiger partial charge on any atom is 0.433 e. The van der Waals surface area contributed by atoms with Gasteiger partial charge < -0.3 is 5.11 Å². The van der Waals surface area contributed by atoms with Gasteiger partial charge in [0.2, 0.25) is 5.82 Å². The Kier molecular flexibility index (Phi) is 2.41. The van der Waals surface area contributed by atoms with Crippen molar-refractivity contribution in [1.29, 1.82) is 0 Å². The van der Waals surface area contributed by atoms with Gasteiger partial charge in [-0.05, 0) is 13.0 Å². The van der Waals surface area contributed by atoms with Crippen LogP contribution in [0.3, 0.4) is 0 Å². The second kappa shape index (κ2) is 3.24.